The summed E-state index contributed by atoms with van der Waals surface area (Å²) < 4.78 is 10.8. The van der Waals surface area contributed by atoms with E-state index >= 15 is 0 Å². The average Bonchev–Trinajstić information content (AvgIpc) is 2.50. The summed E-state index contributed by atoms with van der Waals surface area (Å²) in [5.41, 5.74) is 0.491. The van der Waals surface area contributed by atoms with Gasteiger partial charge in [0.15, 0.2) is 6.29 Å². The van der Waals surface area contributed by atoms with Crippen molar-refractivity contribution >= 4 is 0 Å². The summed E-state index contributed by atoms with van der Waals surface area (Å²) in [5, 5.41) is 56.9. The predicted molar refractivity (Wildman–Crippen MR) is 72.1 cm³/mol. The summed E-state index contributed by atoms with van der Waals surface area (Å²) in [6.45, 7) is -0.557. The van der Waals surface area contributed by atoms with Gasteiger partial charge in [-0.25, -0.2) is 0 Å². The van der Waals surface area contributed by atoms with Crippen LogP contribution in [0.25, 0.3) is 0 Å². The smallest absolute Gasteiger partial charge is 0.187 e. The molecule has 0 saturated carbocycles. The minimum Gasteiger partial charge on any atom is -0.394 e. The monoisotopic (exact) mass is 313 g/mol. The maximum atomic E-state index is 9.93. The second-order valence-corrected chi connectivity index (χ2v) is 5.26. The largest absolute Gasteiger partial charge is 0.394 e. The molecule has 1 aliphatic carbocycles. The van der Waals surface area contributed by atoms with Gasteiger partial charge in [-0.3, -0.25) is 0 Å². The second-order valence-electron chi connectivity index (χ2n) is 5.26. The molecular weight excluding hydrogens is 294 g/mol. The van der Waals surface area contributed by atoms with Crippen LogP contribution in [-0.4, -0.2) is 75.1 Å². The van der Waals surface area contributed by atoms with Gasteiger partial charge in [-0.1, -0.05) is 12.2 Å². The molecule has 0 aromatic carbocycles. The number of aliphatic hydroxyl groups excluding tert-OH is 5. The summed E-state index contributed by atoms with van der Waals surface area (Å²) in [5.74, 6) is 0. The SMILES string of the molecule is N#C/C=C1/C=C[C@H](O)C[C@@H]1O[C@@H]1O[C@H](CO)[C@@H](O)[C@H](O)[C@H]1O. The predicted octanol–water partition coefficient (Wildman–Crippen LogP) is -2.06. The first kappa shape index (κ1) is 17.1. The van der Waals surface area contributed by atoms with E-state index < -0.39 is 49.5 Å². The van der Waals surface area contributed by atoms with Crippen molar-refractivity contribution in [3.8, 4) is 6.07 Å². The van der Waals surface area contributed by atoms with Crippen molar-refractivity contribution in [3.63, 3.8) is 0 Å². The van der Waals surface area contributed by atoms with Crippen LogP contribution in [0.3, 0.4) is 0 Å². The maximum Gasteiger partial charge on any atom is 0.187 e. The van der Waals surface area contributed by atoms with Gasteiger partial charge in [0.05, 0.1) is 24.9 Å². The molecule has 0 aromatic heterocycles. The minimum absolute atomic E-state index is 0.152. The fourth-order valence-electron chi connectivity index (χ4n) is 2.45. The number of aliphatic hydroxyl groups is 5. The molecule has 122 valence electrons. The molecule has 0 amide bonds. The van der Waals surface area contributed by atoms with Gasteiger partial charge < -0.3 is 35.0 Å². The van der Waals surface area contributed by atoms with Crippen LogP contribution in [0.5, 0.6) is 0 Å². The molecule has 0 bridgehead atoms. The molecule has 1 heterocycles. The Kier molecular flexibility index (Phi) is 5.66. The van der Waals surface area contributed by atoms with E-state index in [0.717, 1.165) is 0 Å². The molecule has 22 heavy (non-hydrogen) atoms. The third kappa shape index (κ3) is 3.53. The summed E-state index contributed by atoms with van der Waals surface area (Å²) >= 11 is 0. The Bertz CT molecular complexity index is 484. The van der Waals surface area contributed by atoms with Gasteiger partial charge in [0.2, 0.25) is 0 Å². The number of nitrogens with zero attached hydrogens (tertiary/aromatic N) is 1. The maximum absolute atomic E-state index is 9.93. The molecule has 0 unspecified atom stereocenters. The molecule has 0 spiro atoms. The molecule has 2 aliphatic rings. The lowest BCUT2D eigenvalue weighted by atomic mass is 9.95. The molecule has 5 N–H and O–H groups in total. The number of hydrogen-bond donors (Lipinski definition) is 5. The van der Waals surface area contributed by atoms with Crippen molar-refractivity contribution in [2.75, 3.05) is 6.61 Å². The molecule has 1 fully saturated rings. The third-order valence-electron chi connectivity index (χ3n) is 3.72. The standard InChI is InChI=1S/C14H19NO7/c15-4-3-7-1-2-8(17)5-9(7)21-14-13(20)12(19)11(18)10(6-16)22-14/h1-3,8-14,16-20H,5-6H2/b7-3-/t8-,9-,10+,11+,12-,13+,14+/m0/s1. The molecule has 1 aliphatic heterocycles. The quantitative estimate of drug-likeness (QED) is 0.374. The Morgan fingerprint density at radius 3 is 2.64 bits per heavy atom. The Balaban J connectivity index is 2.12. The summed E-state index contributed by atoms with van der Waals surface area (Å²) in [6.07, 6.45) is -3.96. The number of allylic oxidation sites excluding steroid dienone is 1. The number of rotatable bonds is 3. The van der Waals surface area contributed by atoms with E-state index in [9.17, 15) is 20.4 Å². The summed E-state index contributed by atoms with van der Waals surface area (Å²) in [6, 6.07) is 1.86. The first-order valence-corrected chi connectivity index (χ1v) is 6.89. The molecule has 7 atom stereocenters. The lowest BCUT2D eigenvalue weighted by molar-refractivity contribution is -0.309. The van der Waals surface area contributed by atoms with Gasteiger partial charge in [-0.2, -0.15) is 5.26 Å². The molecule has 8 heteroatoms. The van der Waals surface area contributed by atoms with E-state index in [-0.39, 0.29) is 6.42 Å². The van der Waals surface area contributed by atoms with Gasteiger partial charge >= 0.3 is 0 Å². The van der Waals surface area contributed by atoms with E-state index in [0.29, 0.717) is 5.57 Å². The first-order valence-electron chi connectivity index (χ1n) is 6.89. The highest BCUT2D eigenvalue weighted by molar-refractivity contribution is 5.32. The highest BCUT2D eigenvalue weighted by Crippen LogP contribution is 2.28. The minimum atomic E-state index is -1.54. The van der Waals surface area contributed by atoms with Crippen LogP contribution >= 0.6 is 0 Å². The molecule has 2 rings (SSSR count). The van der Waals surface area contributed by atoms with Gasteiger partial charge in [0, 0.05) is 12.5 Å². The van der Waals surface area contributed by atoms with Crippen molar-refractivity contribution in [1.29, 1.82) is 5.26 Å². The topological polar surface area (TPSA) is 143 Å². The zero-order valence-corrected chi connectivity index (χ0v) is 11.7. The van der Waals surface area contributed by atoms with Crippen molar-refractivity contribution in [2.24, 2.45) is 0 Å². The van der Waals surface area contributed by atoms with Gasteiger partial charge in [-0.15, -0.1) is 0 Å². The van der Waals surface area contributed by atoms with E-state index in [4.69, 9.17) is 19.8 Å². The highest BCUT2D eigenvalue weighted by Gasteiger charge is 2.45. The zero-order chi connectivity index (χ0) is 16.3. The van der Waals surface area contributed by atoms with Crippen molar-refractivity contribution in [1.82, 2.24) is 0 Å². The van der Waals surface area contributed by atoms with Crippen LogP contribution in [-0.2, 0) is 9.47 Å². The molecule has 1 saturated heterocycles. The van der Waals surface area contributed by atoms with Crippen LogP contribution in [0.1, 0.15) is 6.42 Å². The van der Waals surface area contributed by atoms with Gasteiger partial charge in [0.25, 0.3) is 0 Å². The first-order chi connectivity index (χ1) is 10.5. The van der Waals surface area contributed by atoms with Crippen molar-refractivity contribution < 1.29 is 35.0 Å². The highest BCUT2D eigenvalue weighted by atomic mass is 16.7. The lowest BCUT2D eigenvalue weighted by Gasteiger charge is -2.41. The molecule has 0 radical (unpaired) electrons. The normalized spacial score (nSPS) is 44.0. The van der Waals surface area contributed by atoms with Crippen LogP contribution in [0.15, 0.2) is 23.8 Å². The van der Waals surface area contributed by atoms with E-state index in [1.165, 1.54) is 18.2 Å². The third-order valence-corrected chi connectivity index (χ3v) is 3.72. The van der Waals surface area contributed by atoms with Crippen molar-refractivity contribution in [2.45, 2.75) is 49.3 Å². The Hall–Kier alpha value is -1.31. The van der Waals surface area contributed by atoms with Crippen LogP contribution < -0.4 is 0 Å². The average molecular weight is 313 g/mol. The summed E-state index contributed by atoms with van der Waals surface area (Å²) in [4.78, 5) is 0. The number of hydrogen-bond acceptors (Lipinski definition) is 8. The zero-order valence-electron chi connectivity index (χ0n) is 11.7. The van der Waals surface area contributed by atoms with Crippen LogP contribution in [0.2, 0.25) is 0 Å². The van der Waals surface area contributed by atoms with Crippen LogP contribution in [0.4, 0.5) is 0 Å². The molecule has 8 nitrogen and oxygen atoms in total. The molecular formula is C14H19NO7. The lowest BCUT2D eigenvalue weighted by Crippen LogP contribution is -2.59. The Morgan fingerprint density at radius 1 is 1.27 bits per heavy atom. The van der Waals surface area contributed by atoms with E-state index in [2.05, 4.69) is 0 Å². The Labute approximate surface area is 127 Å². The van der Waals surface area contributed by atoms with Gasteiger partial charge in [-0.05, 0) is 5.57 Å². The summed E-state index contributed by atoms with van der Waals surface area (Å²) in [7, 11) is 0. The van der Waals surface area contributed by atoms with Crippen LogP contribution in [0, 0.1) is 11.3 Å². The number of ether oxygens (including phenoxy) is 2. The second kappa shape index (κ2) is 7.30. The van der Waals surface area contributed by atoms with Crippen molar-refractivity contribution in [3.05, 3.63) is 23.8 Å². The molecule has 0 aromatic rings. The Morgan fingerprint density at radius 2 is 2.00 bits per heavy atom. The number of nitriles is 1. The fourth-order valence-corrected chi connectivity index (χ4v) is 2.45. The fraction of sp³-hybridized carbons (Fsp3) is 0.643. The van der Waals surface area contributed by atoms with E-state index in [1.807, 2.05) is 6.07 Å². The van der Waals surface area contributed by atoms with E-state index in [1.54, 1.807) is 0 Å². The van der Waals surface area contributed by atoms with Gasteiger partial charge in [0.1, 0.15) is 24.4 Å².